The molecular weight excluding hydrogens is 1880 g/mol. The molecule has 2 amide bonds. The van der Waals surface area contributed by atoms with E-state index in [1.165, 1.54) is 55.3 Å². The number of rotatable bonds is 21. The van der Waals surface area contributed by atoms with Gasteiger partial charge < -0.3 is 68.6 Å². The Morgan fingerprint density at radius 1 is 0.475 bits per heavy atom. The van der Waals surface area contributed by atoms with Gasteiger partial charge in [-0.15, -0.1) is 34.0 Å². The van der Waals surface area contributed by atoms with Crippen molar-refractivity contribution in [3.05, 3.63) is 268 Å². The number of benzene rings is 6. The second-order valence-electron chi connectivity index (χ2n) is 26.0. The van der Waals surface area contributed by atoms with Crippen LogP contribution in [-0.4, -0.2) is 121 Å². The van der Waals surface area contributed by atoms with E-state index in [2.05, 4.69) is 62.8 Å². The van der Waals surface area contributed by atoms with Gasteiger partial charge in [0.15, 0.2) is 51.6 Å². The molecule has 0 spiro atoms. The van der Waals surface area contributed by atoms with Crippen LogP contribution in [0.4, 0.5) is 35.0 Å². The molecule has 122 heavy (non-hydrogen) atoms. The Morgan fingerprint density at radius 2 is 0.787 bits per heavy atom. The van der Waals surface area contributed by atoms with Gasteiger partial charge in [-0.05, 0) is 227 Å². The number of allylic oxidation sites excluding steroid dienone is 2. The molecule has 9 aromatic rings. The molecule has 6 aromatic carbocycles. The highest BCUT2D eigenvalue weighted by atomic mass is 128. The summed E-state index contributed by atoms with van der Waals surface area (Å²) in [4.78, 5) is 131. The zero-order valence-electron chi connectivity index (χ0n) is 65.7. The van der Waals surface area contributed by atoms with Crippen molar-refractivity contribution >= 4 is 184 Å². The highest BCUT2D eigenvalue weighted by Crippen LogP contribution is 2.35. The monoisotopic (exact) mass is 1950 g/mol. The number of carboxylic acids is 2. The number of esters is 6. The molecule has 36 heteroatoms. The van der Waals surface area contributed by atoms with Crippen molar-refractivity contribution in [1.29, 1.82) is 0 Å². The number of carboxylic acid groups (broad SMARTS) is 2. The zero-order valence-corrected chi connectivity index (χ0v) is 72.5. The van der Waals surface area contributed by atoms with Gasteiger partial charge in [-0.25, -0.2) is 53.3 Å². The van der Waals surface area contributed by atoms with Gasteiger partial charge in [0.25, 0.3) is 0 Å². The third kappa shape index (κ3) is 31.3. The molecule has 0 saturated heterocycles. The fourth-order valence-electron chi connectivity index (χ4n) is 9.52. The summed E-state index contributed by atoms with van der Waals surface area (Å²) in [5.74, 6) is -4.56. The second-order valence-corrected chi connectivity index (χ2v) is 28.8. The summed E-state index contributed by atoms with van der Waals surface area (Å²) in [6, 6.07) is 45.4. The first-order valence-electron chi connectivity index (χ1n) is 35.2. The number of nitrogens with one attached hydrogen (secondary N) is 2. The summed E-state index contributed by atoms with van der Waals surface area (Å²) < 4.78 is 85.2. The van der Waals surface area contributed by atoms with Gasteiger partial charge in [0.1, 0.15) is 20.2 Å². The number of carbonyl (C=O) groups is 10. The normalized spacial score (nSPS) is 13.2. The number of ether oxygens (including phenoxy) is 10. The Hall–Kier alpha value is -12.9. The highest BCUT2D eigenvalue weighted by Gasteiger charge is 2.38. The minimum Gasteiger partial charge on any atom is -0.493 e. The van der Waals surface area contributed by atoms with E-state index in [9.17, 15) is 56.3 Å². The van der Waals surface area contributed by atoms with Crippen molar-refractivity contribution in [3.8, 4) is 34.5 Å². The van der Waals surface area contributed by atoms with E-state index >= 15 is 0 Å². The van der Waals surface area contributed by atoms with Gasteiger partial charge in [0, 0.05) is 77.4 Å². The maximum Gasteiger partial charge on any atom is 0.490 e. The van der Waals surface area contributed by atoms with Crippen LogP contribution in [0.5, 0.6) is 34.5 Å². The molecule has 12 rings (SSSR count). The third-order valence-corrected chi connectivity index (χ3v) is 17.6. The number of halogens is 5. The number of amides is 2. The van der Waals surface area contributed by atoms with Crippen molar-refractivity contribution in [1.82, 2.24) is 0 Å². The van der Waals surface area contributed by atoms with Crippen LogP contribution in [0.3, 0.4) is 0 Å². The molecule has 3 aliphatic rings. The third-order valence-electron chi connectivity index (χ3n) is 15.1. The van der Waals surface area contributed by atoms with Crippen LogP contribution in [0, 0.1) is 0 Å². The predicted octanol–water partition coefficient (Wildman–Crippen LogP) is 19.7. The van der Waals surface area contributed by atoms with E-state index in [0.29, 0.717) is 88.7 Å². The predicted molar refractivity (Wildman–Crippen MR) is 475 cm³/mol. The number of cyclic esters (lactones) is 3. The van der Waals surface area contributed by atoms with E-state index in [4.69, 9.17) is 68.1 Å². The first-order valence-corrected chi connectivity index (χ1v) is 44.1. The van der Waals surface area contributed by atoms with Crippen molar-refractivity contribution in [2.75, 3.05) is 37.7 Å². The zero-order chi connectivity index (χ0) is 88.7. The fraction of sp³-hybridized carbons (Fsp3) is 0.174. The number of anilines is 3. The van der Waals surface area contributed by atoms with Crippen LogP contribution in [0.15, 0.2) is 235 Å². The number of nitrogens with two attached hydrogens (primary N) is 1. The standard InChI is InChI=1S/C28H24N2O6S.C27H24N2O7S.C22H16N2O5S.C6H10O2.C2HF3O2.CH4.I2/c1-17(2)6-13-25(31)29-20-10-8-19(9-11-20)26-30-21(27(32)36-26)15-18-7-12-22(23(16-18)34-3)35-28(33)24-5-4-14-37-24;1-27(2,3)36-26(32)28-18-10-8-17(9-11-18)23-29-19(24(30)35-23)14-16-7-12-20(21(15-16)33-4)34-25(31)22-6-5-13-37-22;1-27-18-12-13(4-9-17(18)28-22(26)19-3-2-10-30-19)11-16-21(25)29-20(24-16)14-5-7-15(23)8-6-14;1-5(2)3-4-6(7)8;3-2(4,5)1(6)7;;1-2/h4-12,14-16H,13H2,1-3H3,(H,29,31);5-15H,1-4H3,(H,28,32);2-12H,23H2,1H3;3H,4H2,1-2H3,(H,7,8);(H,6,7);1H4;/b21-15+;19-14+;16-11+;;;;. The minimum atomic E-state index is -5.08. The molecule has 638 valence electrons. The van der Waals surface area contributed by atoms with Crippen LogP contribution in [0.2, 0.25) is 0 Å². The summed E-state index contributed by atoms with van der Waals surface area (Å²) in [6.07, 6.45) is 2.99. The Bertz CT molecular complexity index is 5500. The topological polar surface area (TPSA) is 391 Å². The average molecular weight is 1960 g/mol. The summed E-state index contributed by atoms with van der Waals surface area (Å²) in [5, 5.41) is 26.1. The Labute approximate surface area is 733 Å². The lowest BCUT2D eigenvalue weighted by Gasteiger charge is -2.19. The van der Waals surface area contributed by atoms with E-state index in [1.54, 1.807) is 225 Å². The number of nitrogens with zero attached hydrogens (tertiary/aromatic N) is 3. The van der Waals surface area contributed by atoms with E-state index in [0.717, 1.165) is 11.1 Å². The van der Waals surface area contributed by atoms with Crippen LogP contribution in [0.25, 0.3) is 18.2 Å². The quantitative estimate of drug-likeness (QED) is 0.00848. The summed E-state index contributed by atoms with van der Waals surface area (Å²) >= 11 is 8.09. The molecule has 0 atom stereocenters. The van der Waals surface area contributed by atoms with Crippen LogP contribution < -0.4 is 44.8 Å². The molecule has 3 aliphatic heterocycles. The number of alkyl halides is 3. The molecule has 0 radical (unpaired) electrons. The SMILES string of the molecule is C.CC(C)=CCC(=O)O.COc1cc(/C=C2/N=C(c3ccc(N)cc3)OC2=O)ccc1OC(=O)c1cccs1.COc1cc(/C=C2/N=C(c3ccc(NC(=O)CC=C(C)C)cc3)OC2=O)ccc1OC(=O)c1cccs1.COc1cc(/C=C2/N=C(c3ccc(NC(=O)OC(C)(C)C)cc3)OC2=O)ccc1OC(=O)c1cccs1.II.O=C(O)C(F)(F)F. The molecule has 3 aromatic heterocycles. The molecule has 0 bridgehead atoms. The lowest BCUT2D eigenvalue weighted by Crippen LogP contribution is -2.27. The number of hydrogen-bond acceptors (Lipinski definition) is 27. The number of nitrogen functional groups attached to an aromatic ring is 1. The van der Waals surface area contributed by atoms with Crippen molar-refractivity contribution in [2.45, 2.75) is 80.5 Å². The number of thiophene rings is 3. The first kappa shape index (κ1) is 97.9. The molecule has 28 nitrogen and oxygen atoms in total. The Morgan fingerprint density at radius 3 is 1.06 bits per heavy atom. The molecule has 6 N–H and O–H groups in total. The molecule has 6 heterocycles. The van der Waals surface area contributed by atoms with Crippen LogP contribution >= 0.6 is 71.2 Å². The lowest BCUT2D eigenvalue weighted by atomic mass is 10.1. The smallest absolute Gasteiger partial charge is 0.490 e. The number of aliphatic imine (C=N–C) groups is 3. The average Bonchev–Trinajstić information content (AvgIpc) is 1.67. The van der Waals surface area contributed by atoms with Crippen molar-refractivity contribution < 1.29 is 119 Å². The van der Waals surface area contributed by atoms with Crippen molar-refractivity contribution in [3.63, 3.8) is 0 Å². The van der Waals surface area contributed by atoms with Gasteiger partial charge in [-0.2, -0.15) is 13.2 Å². The van der Waals surface area contributed by atoms with Crippen molar-refractivity contribution in [2.24, 2.45) is 15.0 Å². The van der Waals surface area contributed by atoms with E-state index in [1.807, 2.05) is 33.8 Å². The molecular formula is C86H79F3I2N6O22S3. The summed E-state index contributed by atoms with van der Waals surface area (Å²) in [5.41, 5.74) is 12.9. The summed E-state index contributed by atoms with van der Waals surface area (Å²) in [7, 11) is 4.38. The molecule has 0 saturated carbocycles. The lowest BCUT2D eigenvalue weighted by molar-refractivity contribution is -0.192. The number of carbonyl (C=O) groups excluding carboxylic acids is 8. The van der Waals surface area contributed by atoms with Gasteiger partial charge >= 0.3 is 60.0 Å². The minimum absolute atomic E-state index is 0. The van der Waals surface area contributed by atoms with Gasteiger partial charge in [0.05, 0.1) is 27.8 Å². The first-order chi connectivity index (χ1) is 57.5. The Kier molecular flexibility index (Phi) is 37.9. The van der Waals surface area contributed by atoms with E-state index in [-0.39, 0.29) is 71.8 Å². The number of aliphatic carboxylic acids is 2. The fourth-order valence-corrected chi connectivity index (χ4v) is 11.3. The highest BCUT2D eigenvalue weighted by molar-refractivity contribution is 15.0. The second kappa shape index (κ2) is 47.2. The van der Waals surface area contributed by atoms with E-state index < -0.39 is 65.6 Å². The molecule has 0 aliphatic carbocycles. The van der Waals surface area contributed by atoms with Gasteiger partial charge in [-0.3, -0.25) is 14.9 Å². The van der Waals surface area contributed by atoms with Gasteiger partial charge in [-0.1, -0.05) is 67.1 Å². The van der Waals surface area contributed by atoms with Crippen LogP contribution in [-0.2, 0) is 47.7 Å². The van der Waals surface area contributed by atoms with Gasteiger partial charge in [0.2, 0.25) is 23.6 Å². The largest absolute Gasteiger partial charge is 0.493 e. The Balaban J connectivity index is 0.000000258. The number of hydrogen-bond donors (Lipinski definition) is 5. The summed E-state index contributed by atoms with van der Waals surface area (Å²) in [6.45, 7) is 13.0. The molecule has 0 unspecified atom stereocenters. The molecule has 0 fully saturated rings. The maximum atomic E-state index is 12.4. The maximum absolute atomic E-state index is 12.4. The van der Waals surface area contributed by atoms with Crippen LogP contribution in [0.1, 0.15) is 131 Å². The number of methoxy groups -OCH3 is 3.